The molecule has 0 aromatic heterocycles. The van der Waals surface area contributed by atoms with E-state index < -0.39 is 17.4 Å². The van der Waals surface area contributed by atoms with Crippen LogP contribution < -0.4 is 14.8 Å². The molecule has 20 heavy (non-hydrogen) atoms. The Labute approximate surface area is 116 Å². The molecule has 2 aromatic carbocycles. The van der Waals surface area contributed by atoms with Crippen molar-refractivity contribution in [1.82, 2.24) is 5.32 Å². The first-order valence-electron chi connectivity index (χ1n) is 6.09. The zero-order valence-electron chi connectivity index (χ0n) is 11.2. The van der Waals surface area contributed by atoms with E-state index in [4.69, 9.17) is 9.47 Å². The third kappa shape index (κ3) is 3.05. The Morgan fingerprint density at radius 3 is 2.20 bits per heavy atom. The number of rotatable bonds is 5. The number of hydrogen-bond acceptors (Lipinski definition) is 3. The van der Waals surface area contributed by atoms with E-state index >= 15 is 0 Å². The molecule has 0 saturated heterocycles. The van der Waals surface area contributed by atoms with Gasteiger partial charge in [0.2, 0.25) is 0 Å². The molecule has 0 aliphatic heterocycles. The van der Waals surface area contributed by atoms with E-state index in [1.807, 2.05) is 0 Å². The van der Waals surface area contributed by atoms with Gasteiger partial charge in [-0.25, -0.2) is 8.78 Å². The van der Waals surface area contributed by atoms with Crippen LogP contribution in [-0.2, 0) is 6.54 Å². The second-order valence-electron chi connectivity index (χ2n) is 4.17. The van der Waals surface area contributed by atoms with Crippen LogP contribution in [0, 0.1) is 11.6 Å². The quantitative estimate of drug-likeness (QED) is 0.909. The molecule has 0 amide bonds. The molecule has 0 bridgehead atoms. The number of ether oxygens (including phenoxy) is 2. The lowest BCUT2D eigenvalue weighted by atomic mass is 10.2. The van der Waals surface area contributed by atoms with E-state index in [0.29, 0.717) is 17.9 Å². The molecule has 5 heteroatoms. The maximum absolute atomic E-state index is 13.9. The third-order valence-corrected chi connectivity index (χ3v) is 2.72. The van der Waals surface area contributed by atoms with Crippen LogP contribution >= 0.6 is 0 Å². The highest BCUT2D eigenvalue weighted by Gasteiger charge is 2.15. The molecule has 0 radical (unpaired) electrons. The first-order valence-corrected chi connectivity index (χ1v) is 6.09. The van der Waals surface area contributed by atoms with Gasteiger partial charge in [0.25, 0.3) is 0 Å². The van der Waals surface area contributed by atoms with Crippen molar-refractivity contribution < 1.29 is 18.3 Å². The van der Waals surface area contributed by atoms with Crippen molar-refractivity contribution in [3.05, 3.63) is 53.6 Å². The molecule has 0 unspecified atom stereocenters. The van der Waals surface area contributed by atoms with Crippen molar-refractivity contribution in [2.75, 3.05) is 14.2 Å². The van der Waals surface area contributed by atoms with Crippen molar-refractivity contribution in [3.8, 4) is 17.2 Å². The molecule has 106 valence electrons. The van der Waals surface area contributed by atoms with Crippen LogP contribution in [-0.4, -0.2) is 14.2 Å². The Bertz CT molecular complexity index is 579. The minimum atomic E-state index is -0.749. The van der Waals surface area contributed by atoms with Crippen molar-refractivity contribution in [2.24, 2.45) is 0 Å². The van der Waals surface area contributed by atoms with Gasteiger partial charge in [0, 0.05) is 6.54 Å². The van der Waals surface area contributed by atoms with Gasteiger partial charge in [0.1, 0.15) is 0 Å². The number of para-hydroxylation sites is 2. The van der Waals surface area contributed by atoms with Gasteiger partial charge in [0.15, 0.2) is 28.9 Å². The third-order valence-electron chi connectivity index (χ3n) is 2.72. The predicted octanol–water partition coefficient (Wildman–Crippen LogP) is 3.49. The molecule has 2 rings (SSSR count). The molecule has 0 fully saturated rings. The van der Waals surface area contributed by atoms with E-state index in [1.54, 1.807) is 31.3 Å². The molecule has 0 spiro atoms. The highest BCUT2D eigenvalue weighted by Crippen LogP contribution is 2.34. The first kappa shape index (κ1) is 14.3. The van der Waals surface area contributed by atoms with Crippen molar-refractivity contribution in [3.63, 3.8) is 0 Å². The highest BCUT2D eigenvalue weighted by atomic mass is 19.1. The van der Waals surface area contributed by atoms with E-state index in [0.717, 1.165) is 0 Å². The summed E-state index contributed by atoms with van der Waals surface area (Å²) in [5.41, 5.74) is 0.509. The van der Waals surface area contributed by atoms with Crippen LogP contribution in [0.4, 0.5) is 8.78 Å². The van der Waals surface area contributed by atoms with Crippen molar-refractivity contribution in [1.29, 1.82) is 0 Å². The highest BCUT2D eigenvalue weighted by molar-refractivity contribution is 5.43. The molecular formula is C15H15F2NO2. The zero-order valence-corrected chi connectivity index (χ0v) is 11.2. The van der Waals surface area contributed by atoms with E-state index in [2.05, 4.69) is 5.32 Å². The normalized spacial score (nSPS) is 10.4. The van der Waals surface area contributed by atoms with Crippen LogP contribution in [0.15, 0.2) is 36.4 Å². The molecular weight excluding hydrogens is 264 g/mol. The first-order chi connectivity index (χ1) is 9.65. The summed E-state index contributed by atoms with van der Waals surface area (Å²) in [6, 6.07) is 9.16. The minimum absolute atomic E-state index is 0.258. The maximum atomic E-state index is 13.9. The van der Waals surface area contributed by atoms with Gasteiger partial charge >= 0.3 is 0 Å². The number of benzene rings is 2. The van der Waals surface area contributed by atoms with E-state index in [9.17, 15) is 8.78 Å². The van der Waals surface area contributed by atoms with Crippen LogP contribution in [0.1, 0.15) is 5.56 Å². The number of halogens is 2. The largest absolute Gasteiger partial charge is 0.493 e. The molecule has 2 aromatic rings. The Kier molecular flexibility index (Phi) is 4.53. The van der Waals surface area contributed by atoms with Gasteiger partial charge in [-0.05, 0) is 36.9 Å². The predicted molar refractivity (Wildman–Crippen MR) is 72.2 cm³/mol. The van der Waals surface area contributed by atoms with Gasteiger partial charge in [-0.3, -0.25) is 0 Å². The van der Waals surface area contributed by atoms with Crippen LogP contribution in [0.5, 0.6) is 17.2 Å². The summed E-state index contributed by atoms with van der Waals surface area (Å²) in [5.74, 6) is -1.27. The smallest absolute Gasteiger partial charge is 0.198 e. The van der Waals surface area contributed by atoms with Crippen molar-refractivity contribution >= 4 is 0 Å². The molecule has 0 heterocycles. The van der Waals surface area contributed by atoms with Crippen LogP contribution in [0.3, 0.4) is 0 Å². The van der Waals surface area contributed by atoms with Crippen LogP contribution in [0.25, 0.3) is 0 Å². The Morgan fingerprint density at radius 2 is 1.65 bits per heavy atom. The Morgan fingerprint density at radius 1 is 1.05 bits per heavy atom. The molecule has 0 aliphatic carbocycles. The molecule has 0 aliphatic rings. The monoisotopic (exact) mass is 279 g/mol. The lowest BCUT2D eigenvalue weighted by Gasteiger charge is -2.12. The van der Waals surface area contributed by atoms with Crippen LogP contribution in [0.2, 0.25) is 0 Å². The topological polar surface area (TPSA) is 30.5 Å². The maximum Gasteiger partial charge on any atom is 0.198 e. The second kappa shape index (κ2) is 6.34. The lowest BCUT2D eigenvalue weighted by molar-refractivity contribution is 0.359. The zero-order chi connectivity index (χ0) is 14.5. The molecule has 0 atom stereocenters. The summed E-state index contributed by atoms with van der Waals surface area (Å²) in [7, 11) is 3.17. The fourth-order valence-corrected chi connectivity index (χ4v) is 1.83. The summed E-state index contributed by atoms with van der Waals surface area (Å²) in [6.07, 6.45) is 0. The van der Waals surface area contributed by atoms with Gasteiger partial charge in [-0.2, -0.15) is 0 Å². The minimum Gasteiger partial charge on any atom is -0.493 e. The lowest BCUT2D eigenvalue weighted by Crippen LogP contribution is -2.06. The molecule has 3 nitrogen and oxygen atoms in total. The SMILES string of the molecule is CNCc1cc(F)c(Oc2ccccc2OC)c(F)c1. The van der Waals surface area contributed by atoms with Gasteiger partial charge in [0.05, 0.1) is 7.11 Å². The number of methoxy groups -OCH3 is 1. The molecule has 0 saturated carbocycles. The fourth-order valence-electron chi connectivity index (χ4n) is 1.83. The Hall–Kier alpha value is -2.14. The summed E-state index contributed by atoms with van der Waals surface area (Å²) >= 11 is 0. The summed E-state index contributed by atoms with van der Waals surface area (Å²) in [4.78, 5) is 0. The van der Waals surface area contributed by atoms with Gasteiger partial charge < -0.3 is 14.8 Å². The average molecular weight is 279 g/mol. The van der Waals surface area contributed by atoms with Crippen molar-refractivity contribution in [2.45, 2.75) is 6.54 Å². The summed E-state index contributed by atoms with van der Waals surface area (Å²) in [6.45, 7) is 0.378. The van der Waals surface area contributed by atoms with E-state index in [1.165, 1.54) is 19.2 Å². The average Bonchev–Trinajstić information content (AvgIpc) is 2.43. The number of hydrogen-bond donors (Lipinski definition) is 1. The van der Waals surface area contributed by atoms with Gasteiger partial charge in [-0.1, -0.05) is 12.1 Å². The van der Waals surface area contributed by atoms with E-state index in [-0.39, 0.29) is 5.75 Å². The number of nitrogens with one attached hydrogen (secondary N) is 1. The summed E-state index contributed by atoms with van der Waals surface area (Å²) < 4.78 is 38.2. The Balaban J connectivity index is 2.34. The molecule has 1 N–H and O–H groups in total. The fraction of sp³-hybridized carbons (Fsp3) is 0.200. The second-order valence-corrected chi connectivity index (χ2v) is 4.17. The standard InChI is InChI=1S/C15H15F2NO2/c1-18-9-10-7-11(16)15(12(17)8-10)20-14-6-4-3-5-13(14)19-2/h3-8,18H,9H2,1-2H3. The summed E-state index contributed by atoms with van der Waals surface area (Å²) in [5, 5.41) is 2.83. The van der Waals surface area contributed by atoms with Gasteiger partial charge in [-0.15, -0.1) is 0 Å².